The number of hydrogen-bond donors (Lipinski definition) is 0. The number of aryl methyl sites for hydroxylation is 1. The molecular weight excluding hydrogens is 170 g/mol. The summed E-state index contributed by atoms with van der Waals surface area (Å²) in [6.45, 7) is 7.92. The molecule has 0 amide bonds. The minimum atomic E-state index is 0.656. The molecule has 1 heteroatoms. The summed E-state index contributed by atoms with van der Waals surface area (Å²) in [7, 11) is 2.21. The molecule has 0 fully saturated rings. The third-order valence-electron chi connectivity index (χ3n) is 3.63. The number of fused-ring (bicyclic) bond motifs is 1. The summed E-state index contributed by atoms with van der Waals surface area (Å²) in [5.41, 5.74) is 4.44. The molecule has 2 rings (SSSR count). The molecule has 0 aromatic heterocycles. The topological polar surface area (TPSA) is 3.24 Å². The highest BCUT2D eigenvalue weighted by Crippen LogP contribution is 2.32. The van der Waals surface area contributed by atoms with Gasteiger partial charge in [0.15, 0.2) is 0 Å². The molecule has 2 unspecified atom stereocenters. The summed E-state index contributed by atoms with van der Waals surface area (Å²) in [6, 6.07) is 7.51. The van der Waals surface area contributed by atoms with Gasteiger partial charge >= 0.3 is 0 Å². The van der Waals surface area contributed by atoms with E-state index < -0.39 is 0 Å². The first-order chi connectivity index (χ1) is 6.59. The van der Waals surface area contributed by atoms with Gasteiger partial charge in [0.1, 0.15) is 0 Å². The molecule has 0 bridgehead atoms. The molecule has 14 heavy (non-hydrogen) atoms. The molecule has 0 aliphatic carbocycles. The Labute approximate surface area is 86.7 Å². The number of benzene rings is 1. The van der Waals surface area contributed by atoms with Gasteiger partial charge in [-0.05, 0) is 37.9 Å². The lowest BCUT2D eigenvalue weighted by Crippen LogP contribution is -2.37. The molecule has 1 aromatic rings. The highest BCUT2D eigenvalue weighted by Gasteiger charge is 2.26. The average Bonchev–Trinajstić information content (AvgIpc) is 2.16. The highest BCUT2D eigenvalue weighted by atomic mass is 15.1. The second-order valence-corrected chi connectivity index (χ2v) is 4.65. The van der Waals surface area contributed by atoms with Gasteiger partial charge in [-0.25, -0.2) is 0 Å². The largest absolute Gasteiger partial charge is 0.299 e. The Kier molecular flexibility index (Phi) is 2.36. The normalized spacial score (nSPS) is 27.4. The molecular formula is C13H19N. The first-order valence-corrected chi connectivity index (χ1v) is 5.39. The van der Waals surface area contributed by atoms with E-state index in [4.69, 9.17) is 0 Å². The summed E-state index contributed by atoms with van der Waals surface area (Å²) in [5, 5.41) is 0. The van der Waals surface area contributed by atoms with Crippen molar-refractivity contribution in [1.29, 1.82) is 0 Å². The molecule has 2 atom stereocenters. The zero-order valence-corrected chi connectivity index (χ0v) is 9.54. The van der Waals surface area contributed by atoms with E-state index >= 15 is 0 Å². The van der Waals surface area contributed by atoms with Crippen molar-refractivity contribution in [2.75, 3.05) is 7.05 Å². The minimum Gasteiger partial charge on any atom is -0.299 e. The van der Waals surface area contributed by atoms with Crippen molar-refractivity contribution in [3.05, 3.63) is 34.9 Å². The first-order valence-electron chi connectivity index (χ1n) is 5.39. The lowest BCUT2D eigenvalue weighted by atomic mass is 9.85. The zero-order valence-electron chi connectivity index (χ0n) is 9.54. The molecule has 1 aliphatic heterocycles. The van der Waals surface area contributed by atoms with Gasteiger partial charge in [-0.1, -0.05) is 30.7 Å². The van der Waals surface area contributed by atoms with Gasteiger partial charge in [-0.3, -0.25) is 4.90 Å². The van der Waals surface area contributed by atoms with Gasteiger partial charge < -0.3 is 0 Å². The van der Waals surface area contributed by atoms with E-state index in [0.29, 0.717) is 12.0 Å². The van der Waals surface area contributed by atoms with Crippen LogP contribution in [0, 0.1) is 6.92 Å². The fraction of sp³-hybridized carbons (Fsp3) is 0.538. The van der Waals surface area contributed by atoms with Crippen LogP contribution in [0.3, 0.4) is 0 Å². The number of rotatable bonds is 0. The summed E-state index contributed by atoms with van der Waals surface area (Å²) in [5.74, 6) is 0.656. The van der Waals surface area contributed by atoms with Crippen molar-refractivity contribution in [2.24, 2.45) is 0 Å². The molecule has 0 saturated carbocycles. The second-order valence-electron chi connectivity index (χ2n) is 4.65. The minimum absolute atomic E-state index is 0.656. The van der Waals surface area contributed by atoms with E-state index in [1.165, 1.54) is 11.1 Å². The monoisotopic (exact) mass is 189 g/mol. The molecule has 1 heterocycles. The van der Waals surface area contributed by atoms with Gasteiger partial charge in [0.05, 0.1) is 0 Å². The van der Waals surface area contributed by atoms with Crippen molar-refractivity contribution in [3.8, 4) is 0 Å². The SMILES string of the molecule is Cc1ccc2c(c1)C(C)C(C)N(C)C2. The molecule has 0 saturated heterocycles. The molecule has 1 aromatic carbocycles. The quantitative estimate of drug-likeness (QED) is 0.606. The van der Waals surface area contributed by atoms with Crippen LogP contribution in [0.25, 0.3) is 0 Å². The number of nitrogens with zero attached hydrogens (tertiary/aromatic N) is 1. The standard InChI is InChI=1S/C13H19N/c1-9-5-6-12-8-14(4)11(3)10(2)13(12)7-9/h5-7,10-11H,8H2,1-4H3. The van der Waals surface area contributed by atoms with Crippen LogP contribution in [0.2, 0.25) is 0 Å². The Morgan fingerprint density at radius 2 is 2.00 bits per heavy atom. The van der Waals surface area contributed by atoms with Crippen LogP contribution < -0.4 is 0 Å². The summed E-state index contributed by atoms with van der Waals surface area (Å²) < 4.78 is 0. The van der Waals surface area contributed by atoms with Crippen LogP contribution >= 0.6 is 0 Å². The third-order valence-corrected chi connectivity index (χ3v) is 3.63. The van der Waals surface area contributed by atoms with Crippen LogP contribution in [0.1, 0.15) is 36.5 Å². The van der Waals surface area contributed by atoms with E-state index in [1.807, 2.05) is 0 Å². The molecule has 76 valence electrons. The predicted molar refractivity (Wildman–Crippen MR) is 60.5 cm³/mol. The maximum Gasteiger partial charge on any atom is 0.0236 e. The molecule has 0 spiro atoms. The van der Waals surface area contributed by atoms with Crippen LogP contribution in [0.15, 0.2) is 18.2 Å². The molecule has 1 aliphatic rings. The van der Waals surface area contributed by atoms with Gasteiger partial charge in [-0.2, -0.15) is 0 Å². The third kappa shape index (κ3) is 1.46. The van der Waals surface area contributed by atoms with E-state index in [9.17, 15) is 0 Å². The van der Waals surface area contributed by atoms with Crippen molar-refractivity contribution in [1.82, 2.24) is 4.90 Å². The van der Waals surface area contributed by atoms with E-state index in [1.54, 1.807) is 5.56 Å². The smallest absolute Gasteiger partial charge is 0.0236 e. The van der Waals surface area contributed by atoms with Gasteiger partial charge in [0.25, 0.3) is 0 Å². The lowest BCUT2D eigenvalue weighted by molar-refractivity contribution is 0.204. The fourth-order valence-electron chi connectivity index (χ4n) is 2.34. The van der Waals surface area contributed by atoms with E-state index in [2.05, 4.69) is 50.9 Å². The van der Waals surface area contributed by atoms with Crippen molar-refractivity contribution in [3.63, 3.8) is 0 Å². The van der Waals surface area contributed by atoms with Crippen LogP contribution in [-0.4, -0.2) is 18.0 Å². The van der Waals surface area contributed by atoms with Crippen LogP contribution in [0.5, 0.6) is 0 Å². The molecule has 0 N–H and O–H groups in total. The van der Waals surface area contributed by atoms with Crippen LogP contribution in [0.4, 0.5) is 0 Å². The summed E-state index contributed by atoms with van der Waals surface area (Å²) >= 11 is 0. The van der Waals surface area contributed by atoms with Gasteiger partial charge in [0.2, 0.25) is 0 Å². The predicted octanol–water partition coefficient (Wildman–Crippen LogP) is 2.93. The second kappa shape index (κ2) is 3.39. The van der Waals surface area contributed by atoms with Crippen LogP contribution in [-0.2, 0) is 6.54 Å². The summed E-state index contributed by atoms with van der Waals surface area (Å²) in [6.07, 6.45) is 0. The highest BCUT2D eigenvalue weighted by molar-refractivity contribution is 5.36. The van der Waals surface area contributed by atoms with Gasteiger partial charge in [-0.15, -0.1) is 0 Å². The zero-order chi connectivity index (χ0) is 10.3. The Morgan fingerprint density at radius 3 is 2.71 bits per heavy atom. The first kappa shape index (κ1) is 9.72. The Hall–Kier alpha value is -0.820. The Morgan fingerprint density at radius 1 is 1.29 bits per heavy atom. The van der Waals surface area contributed by atoms with Crippen molar-refractivity contribution in [2.45, 2.75) is 39.3 Å². The van der Waals surface area contributed by atoms with Crippen molar-refractivity contribution < 1.29 is 0 Å². The molecule has 1 nitrogen and oxygen atoms in total. The van der Waals surface area contributed by atoms with Gasteiger partial charge in [0, 0.05) is 12.6 Å². The fourth-order valence-corrected chi connectivity index (χ4v) is 2.34. The van der Waals surface area contributed by atoms with Crippen molar-refractivity contribution >= 4 is 0 Å². The number of likely N-dealkylation sites (N-methyl/N-ethyl adjacent to an activating group) is 1. The Balaban J connectivity index is 2.46. The van der Waals surface area contributed by atoms with E-state index in [0.717, 1.165) is 6.54 Å². The Bertz CT molecular complexity index is 343. The summed E-state index contributed by atoms with van der Waals surface area (Å²) in [4.78, 5) is 2.43. The lowest BCUT2D eigenvalue weighted by Gasteiger charge is -2.37. The average molecular weight is 189 g/mol. The maximum atomic E-state index is 2.43. The number of hydrogen-bond acceptors (Lipinski definition) is 1. The van der Waals surface area contributed by atoms with E-state index in [-0.39, 0.29) is 0 Å². The molecule has 0 radical (unpaired) electrons. The maximum absolute atomic E-state index is 2.43.